The number of fused-ring (bicyclic) bond motifs is 4. The molecular weight excluding hydrogens is 650 g/mol. The van der Waals surface area contributed by atoms with E-state index < -0.39 is 35.0 Å². The smallest absolute Gasteiger partial charge is 0.238 e. The number of amides is 2. The number of phenolic OH excluding ortho intramolecular Hbond substituents is 1. The number of aromatic hydroxyl groups is 1. The van der Waals surface area contributed by atoms with E-state index in [1.165, 1.54) is 24.2 Å². The van der Waals surface area contributed by atoms with Gasteiger partial charge in [-0.2, -0.15) is 0 Å². The summed E-state index contributed by atoms with van der Waals surface area (Å²) in [4.78, 5) is 60.0. The molecule has 1 heterocycles. The molecule has 1 saturated carbocycles. The third kappa shape index (κ3) is 4.56. The molecule has 4 aromatic rings. The fourth-order valence-corrected chi connectivity index (χ4v) is 9.27. The second-order valence-electron chi connectivity index (χ2n) is 13.7. The summed E-state index contributed by atoms with van der Waals surface area (Å²) in [5, 5.41) is 11.1. The van der Waals surface area contributed by atoms with Crippen molar-refractivity contribution in [2.24, 2.45) is 23.7 Å². The van der Waals surface area contributed by atoms with Crippen LogP contribution in [0.2, 0.25) is 5.02 Å². The first-order chi connectivity index (χ1) is 24.2. The maximum Gasteiger partial charge on any atom is 0.238 e. The van der Waals surface area contributed by atoms with E-state index in [4.69, 9.17) is 16.3 Å². The van der Waals surface area contributed by atoms with Crippen LogP contribution in [0.15, 0.2) is 115 Å². The number of ether oxygens (including phenoxy) is 1. The number of allylic oxidation sites excluding steroid dienone is 4. The lowest BCUT2D eigenvalue weighted by molar-refractivity contribution is -0.135. The summed E-state index contributed by atoms with van der Waals surface area (Å²) in [6.45, 7) is 1.86. The molecule has 1 aliphatic heterocycles. The number of benzene rings is 4. The lowest BCUT2D eigenvalue weighted by Gasteiger charge is -2.55. The van der Waals surface area contributed by atoms with E-state index in [0.717, 1.165) is 11.1 Å². The number of carbonyl (C=O) groups is 4. The van der Waals surface area contributed by atoms with Crippen LogP contribution in [0, 0.1) is 30.6 Å². The third-order valence-electron chi connectivity index (χ3n) is 11.3. The van der Waals surface area contributed by atoms with Gasteiger partial charge in [0, 0.05) is 22.4 Å². The summed E-state index contributed by atoms with van der Waals surface area (Å²) in [6, 6.07) is 28.7. The quantitative estimate of drug-likeness (QED) is 0.174. The maximum atomic E-state index is 15.1. The summed E-state index contributed by atoms with van der Waals surface area (Å²) in [5.74, 6) is -4.33. The highest BCUT2D eigenvalue weighted by Gasteiger charge is 2.66. The van der Waals surface area contributed by atoms with Crippen LogP contribution in [-0.2, 0) is 24.6 Å². The van der Waals surface area contributed by atoms with E-state index in [0.29, 0.717) is 39.4 Å². The lowest BCUT2D eigenvalue weighted by Crippen LogP contribution is -2.58. The van der Waals surface area contributed by atoms with Gasteiger partial charge >= 0.3 is 0 Å². The number of phenols is 1. The predicted octanol–water partition coefficient (Wildman–Crippen LogP) is 7.39. The SMILES string of the molecule is COc1cc([C@H]2C3=CC[C@@H]4C(=O)N(c5ccc(C)c(Cl)c5)C(=O)[C@@H]4[C@@H]3C[C@H]3C(=O)C(c4ccccc4)=CC(=O)[C@@]23c2ccccc2)ccc1O. The van der Waals surface area contributed by atoms with Crippen molar-refractivity contribution >= 4 is 46.2 Å². The molecule has 0 bridgehead atoms. The van der Waals surface area contributed by atoms with Crippen molar-refractivity contribution < 1.29 is 29.0 Å². The molecule has 50 heavy (non-hydrogen) atoms. The minimum Gasteiger partial charge on any atom is -0.504 e. The zero-order valence-electron chi connectivity index (χ0n) is 27.5. The summed E-state index contributed by atoms with van der Waals surface area (Å²) in [5.41, 5.74) is 3.04. The van der Waals surface area contributed by atoms with Crippen molar-refractivity contribution in [3.63, 3.8) is 0 Å². The Kier molecular flexibility index (Phi) is 7.64. The fourth-order valence-electron chi connectivity index (χ4n) is 9.10. The Bertz CT molecular complexity index is 2160. The van der Waals surface area contributed by atoms with E-state index in [1.807, 2.05) is 73.7 Å². The molecule has 0 aromatic heterocycles. The number of ketones is 2. The second kappa shape index (κ2) is 12.0. The Morgan fingerprint density at radius 3 is 2.28 bits per heavy atom. The van der Waals surface area contributed by atoms with Crippen LogP contribution in [0.25, 0.3) is 5.57 Å². The molecule has 0 radical (unpaired) electrons. The number of anilines is 1. The number of imide groups is 1. The minimum atomic E-state index is -1.37. The normalized spacial score (nSPS) is 27.3. The molecule has 7 nitrogen and oxygen atoms in total. The summed E-state index contributed by atoms with van der Waals surface area (Å²) >= 11 is 6.46. The molecule has 4 aliphatic rings. The minimum absolute atomic E-state index is 0.0621. The number of hydrogen-bond acceptors (Lipinski definition) is 6. The van der Waals surface area contributed by atoms with Gasteiger partial charge in [0.05, 0.1) is 30.0 Å². The van der Waals surface area contributed by atoms with Gasteiger partial charge in [-0.05, 0) is 78.3 Å². The van der Waals surface area contributed by atoms with E-state index in [2.05, 4.69) is 0 Å². The number of carbonyl (C=O) groups excluding carboxylic acids is 4. The van der Waals surface area contributed by atoms with Crippen molar-refractivity contribution in [1.29, 1.82) is 0 Å². The van der Waals surface area contributed by atoms with Gasteiger partial charge in [0.1, 0.15) is 0 Å². The first-order valence-corrected chi connectivity index (χ1v) is 17.2. The summed E-state index contributed by atoms with van der Waals surface area (Å²) in [7, 11) is 1.46. The number of hydrogen-bond donors (Lipinski definition) is 1. The Labute approximate surface area is 294 Å². The molecule has 8 rings (SSSR count). The maximum absolute atomic E-state index is 15.1. The molecule has 1 N–H and O–H groups in total. The second-order valence-corrected chi connectivity index (χ2v) is 14.1. The van der Waals surface area contributed by atoms with Gasteiger partial charge < -0.3 is 9.84 Å². The average Bonchev–Trinajstić information content (AvgIpc) is 3.40. The number of Topliss-reactive ketones (excluding diaryl/α,β-unsaturated/α-hetero) is 1. The van der Waals surface area contributed by atoms with Gasteiger partial charge in [0.2, 0.25) is 11.8 Å². The van der Waals surface area contributed by atoms with Crippen molar-refractivity contribution in [3.05, 3.63) is 142 Å². The van der Waals surface area contributed by atoms with Gasteiger partial charge in [-0.25, -0.2) is 4.90 Å². The topological polar surface area (TPSA) is 101 Å². The van der Waals surface area contributed by atoms with Crippen LogP contribution in [0.5, 0.6) is 11.5 Å². The highest BCUT2D eigenvalue weighted by Crippen LogP contribution is 2.64. The molecule has 250 valence electrons. The Hall–Kier alpha value is -5.27. The highest BCUT2D eigenvalue weighted by molar-refractivity contribution is 6.33. The first-order valence-electron chi connectivity index (χ1n) is 16.8. The Morgan fingerprint density at radius 2 is 1.58 bits per heavy atom. The van der Waals surface area contributed by atoms with Gasteiger partial charge in [0.15, 0.2) is 23.1 Å². The third-order valence-corrected chi connectivity index (χ3v) is 11.7. The molecule has 6 atom stereocenters. The number of aryl methyl sites for hydroxylation is 1. The summed E-state index contributed by atoms with van der Waals surface area (Å²) in [6.07, 6.45) is 4.00. The lowest BCUT2D eigenvalue weighted by atomic mass is 9.44. The van der Waals surface area contributed by atoms with E-state index in [9.17, 15) is 14.7 Å². The molecule has 0 spiro atoms. The van der Waals surface area contributed by atoms with Crippen LogP contribution < -0.4 is 9.64 Å². The van der Waals surface area contributed by atoms with Crippen LogP contribution in [-0.4, -0.2) is 35.6 Å². The van der Waals surface area contributed by atoms with E-state index in [1.54, 1.807) is 30.3 Å². The standard InChI is InChI=1S/C42H34ClNO6/c1-23-13-15-27(20-33(23)43)44-40(48)29-17-16-28-31(37(29)41(44)49)21-32-39(47)30(24-9-5-3-6-10-24)22-36(46)42(32,26-11-7-4-8-12-26)38(28)25-14-18-34(45)35(19-25)50-2/h3-16,18-20,22,29,31-32,37-38,45H,17,21H2,1-2H3/t29-,31+,32-,37-,38-,42-/m0/s1. The zero-order chi connectivity index (χ0) is 34.9. The van der Waals surface area contributed by atoms with Crippen LogP contribution in [0.3, 0.4) is 0 Å². The molecule has 3 aliphatic carbocycles. The van der Waals surface area contributed by atoms with Gasteiger partial charge in [-0.15, -0.1) is 0 Å². The molecule has 0 unspecified atom stereocenters. The van der Waals surface area contributed by atoms with Gasteiger partial charge in [-0.3, -0.25) is 19.2 Å². The number of methoxy groups -OCH3 is 1. The fraction of sp³-hybridized carbons (Fsp3) is 0.238. The molecule has 2 amide bonds. The van der Waals surface area contributed by atoms with Crippen molar-refractivity contribution in [2.45, 2.75) is 31.1 Å². The van der Waals surface area contributed by atoms with E-state index in [-0.39, 0.29) is 41.3 Å². The highest BCUT2D eigenvalue weighted by atomic mass is 35.5. The largest absolute Gasteiger partial charge is 0.504 e. The molecule has 8 heteroatoms. The molecular formula is C42H34ClNO6. The molecule has 4 aromatic carbocycles. The monoisotopic (exact) mass is 683 g/mol. The zero-order valence-corrected chi connectivity index (χ0v) is 28.3. The van der Waals surface area contributed by atoms with Crippen LogP contribution in [0.4, 0.5) is 5.69 Å². The van der Waals surface area contributed by atoms with Gasteiger partial charge in [0.25, 0.3) is 0 Å². The first kappa shape index (κ1) is 32.0. The van der Waals surface area contributed by atoms with Gasteiger partial charge in [-0.1, -0.05) is 96.0 Å². The van der Waals surface area contributed by atoms with Crippen LogP contribution in [0.1, 0.15) is 41.0 Å². The Balaban J connectivity index is 1.36. The predicted molar refractivity (Wildman–Crippen MR) is 190 cm³/mol. The van der Waals surface area contributed by atoms with Crippen molar-refractivity contribution in [2.75, 3.05) is 12.0 Å². The number of nitrogens with zero attached hydrogens (tertiary/aromatic N) is 1. The van der Waals surface area contributed by atoms with Crippen molar-refractivity contribution in [1.82, 2.24) is 0 Å². The number of halogens is 1. The average molecular weight is 684 g/mol. The summed E-state index contributed by atoms with van der Waals surface area (Å²) < 4.78 is 5.54. The van der Waals surface area contributed by atoms with Crippen LogP contribution >= 0.6 is 11.6 Å². The van der Waals surface area contributed by atoms with Crippen molar-refractivity contribution in [3.8, 4) is 11.5 Å². The molecule has 1 saturated heterocycles. The number of rotatable bonds is 5. The van der Waals surface area contributed by atoms with E-state index >= 15 is 9.59 Å². The Morgan fingerprint density at radius 1 is 0.860 bits per heavy atom. The molecule has 2 fully saturated rings.